The van der Waals surface area contributed by atoms with Gasteiger partial charge in [-0.1, -0.05) is 48.6 Å². The van der Waals surface area contributed by atoms with Crippen LogP contribution in [0.1, 0.15) is 28.8 Å². The van der Waals surface area contributed by atoms with Gasteiger partial charge in [0.15, 0.2) is 5.78 Å². The standard InChI is InChI=1S/C17H14O/c1-12(18)16-10-14-8-4-5-9-15(14)11-17(16)13-6-2-3-7-13/h2-11,13H,1H3. The molecule has 0 amide bonds. The molecule has 0 spiro atoms. The molecule has 18 heavy (non-hydrogen) atoms. The third-order valence-electron chi connectivity index (χ3n) is 3.40. The monoisotopic (exact) mass is 234 g/mol. The average Bonchev–Trinajstić information content (AvgIpc) is 2.91. The number of Topliss-reactive ketones (excluding diaryl/α,β-unsaturated/α-hetero) is 1. The molecule has 0 unspecified atom stereocenters. The molecule has 2 aromatic carbocycles. The van der Waals surface area contributed by atoms with E-state index in [-0.39, 0.29) is 11.7 Å². The summed E-state index contributed by atoms with van der Waals surface area (Å²) in [5.74, 6) is 0.359. The number of fused-ring (bicyclic) bond motifs is 1. The van der Waals surface area contributed by atoms with Crippen molar-refractivity contribution in [3.05, 3.63) is 71.8 Å². The third kappa shape index (κ3) is 1.78. The topological polar surface area (TPSA) is 17.1 Å². The quantitative estimate of drug-likeness (QED) is 0.710. The maximum Gasteiger partial charge on any atom is 0.160 e. The largest absolute Gasteiger partial charge is 0.295 e. The van der Waals surface area contributed by atoms with Crippen LogP contribution in [-0.2, 0) is 0 Å². The molecular weight excluding hydrogens is 220 g/mol. The number of hydrogen-bond acceptors (Lipinski definition) is 1. The van der Waals surface area contributed by atoms with Crippen LogP contribution in [0.4, 0.5) is 0 Å². The van der Waals surface area contributed by atoms with Crippen molar-refractivity contribution in [1.29, 1.82) is 0 Å². The zero-order valence-corrected chi connectivity index (χ0v) is 10.3. The summed E-state index contributed by atoms with van der Waals surface area (Å²) in [6.07, 6.45) is 8.31. The van der Waals surface area contributed by atoms with Crippen molar-refractivity contribution in [1.82, 2.24) is 0 Å². The molecule has 0 aliphatic heterocycles. The second-order valence-electron chi connectivity index (χ2n) is 4.64. The first kappa shape index (κ1) is 11.0. The summed E-state index contributed by atoms with van der Waals surface area (Å²) in [4.78, 5) is 11.8. The van der Waals surface area contributed by atoms with Crippen molar-refractivity contribution < 1.29 is 4.79 Å². The van der Waals surface area contributed by atoms with Crippen LogP contribution in [0, 0.1) is 0 Å². The number of carbonyl (C=O) groups is 1. The summed E-state index contributed by atoms with van der Waals surface area (Å²) in [5, 5.41) is 2.31. The number of benzene rings is 2. The van der Waals surface area contributed by atoms with E-state index in [0.29, 0.717) is 0 Å². The number of rotatable bonds is 2. The van der Waals surface area contributed by atoms with Gasteiger partial charge in [-0.2, -0.15) is 0 Å². The van der Waals surface area contributed by atoms with E-state index < -0.39 is 0 Å². The van der Waals surface area contributed by atoms with E-state index in [9.17, 15) is 4.79 Å². The van der Waals surface area contributed by atoms with E-state index in [2.05, 4.69) is 24.3 Å². The molecule has 0 saturated carbocycles. The molecule has 2 aromatic rings. The van der Waals surface area contributed by atoms with Gasteiger partial charge in [0.05, 0.1) is 0 Å². The highest BCUT2D eigenvalue weighted by molar-refractivity contribution is 6.00. The van der Waals surface area contributed by atoms with Gasteiger partial charge >= 0.3 is 0 Å². The zero-order valence-electron chi connectivity index (χ0n) is 10.3. The number of allylic oxidation sites excluding steroid dienone is 4. The minimum absolute atomic E-state index is 0.129. The fourth-order valence-electron chi connectivity index (χ4n) is 2.48. The molecule has 1 aliphatic carbocycles. The zero-order chi connectivity index (χ0) is 12.5. The Hall–Kier alpha value is -2.15. The van der Waals surface area contributed by atoms with Crippen LogP contribution in [0.15, 0.2) is 60.7 Å². The summed E-state index contributed by atoms with van der Waals surface area (Å²) in [5.41, 5.74) is 1.93. The van der Waals surface area contributed by atoms with Crippen LogP contribution in [0.5, 0.6) is 0 Å². The molecule has 0 aromatic heterocycles. The SMILES string of the molecule is CC(=O)c1cc2ccccc2cc1C1C=CC=C1. The van der Waals surface area contributed by atoms with E-state index in [1.165, 1.54) is 5.39 Å². The first-order valence-electron chi connectivity index (χ1n) is 6.14. The summed E-state index contributed by atoms with van der Waals surface area (Å²) in [6, 6.07) is 12.3. The maximum absolute atomic E-state index is 11.8. The molecule has 88 valence electrons. The number of ketones is 1. The first-order valence-corrected chi connectivity index (χ1v) is 6.14. The summed E-state index contributed by atoms with van der Waals surface area (Å²) < 4.78 is 0. The molecule has 1 aliphatic rings. The van der Waals surface area contributed by atoms with E-state index >= 15 is 0 Å². The average molecular weight is 234 g/mol. The number of hydrogen-bond donors (Lipinski definition) is 0. The molecule has 0 N–H and O–H groups in total. The Morgan fingerprint density at radius 1 is 1.00 bits per heavy atom. The minimum atomic E-state index is 0.129. The fraction of sp³-hybridized carbons (Fsp3) is 0.118. The van der Waals surface area contributed by atoms with Gasteiger partial charge in [0.1, 0.15) is 0 Å². The highest BCUT2D eigenvalue weighted by Gasteiger charge is 2.15. The Bertz CT molecular complexity index is 665. The van der Waals surface area contributed by atoms with Crippen LogP contribution in [0.25, 0.3) is 10.8 Å². The van der Waals surface area contributed by atoms with Gasteiger partial charge in [-0.05, 0) is 35.4 Å². The Kier molecular flexibility index (Phi) is 2.60. The Morgan fingerprint density at radius 2 is 1.61 bits per heavy atom. The van der Waals surface area contributed by atoms with E-state index in [0.717, 1.165) is 16.5 Å². The van der Waals surface area contributed by atoms with E-state index in [1.54, 1.807) is 6.92 Å². The lowest BCUT2D eigenvalue weighted by atomic mass is 9.90. The molecule has 0 saturated heterocycles. The lowest BCUT2D eigenvalue weighted by Gasteiger charge is -2.13. The molecule has 1 nitrogen and oxygen atoms in total. The maximum atomic E-state index is 11.8. The van der Waals surface area contributed by atoms with Crippen LogP contribution >= 0.6 is 0 Å². The first-order chi connectivity index (χ1) is 8.75. The molecule has 0 fully saturated rings. The number of carbonyl (C=O) groups excluding carboxylic acids is 1. The highest BCUT2D eigenvalue weighted by Crippen LogP contribution is 2.30. The van der Waals surface area contributed by atoms with Crippen molar-refractivity contribution in [3.63, 3.8) is 0 Å². The molecule has 0 radical (unpaired) electrons. The van der Waals surface area contributed by atoms with E-state index in [1.807, 2.05) is 36.4 Å². The van der Waals surface area contributed by atoms with Crippen molar-refractivity contribution in [2.45, 2.75) is 12.8 Å². The molecule has 0 heterocycles. The molecule has 1 heteroatoms. The second kappa shape index (κ2) is 4.26. The summed E-state index contributed by atoms with van der Waals surface area (Å²) in [6.45, 7) is 1.63. The van der Waals surface area contributed by atoms with Crippen LogP contribution in [-0.4, -0.2) is 5.78 Å². The van der Waals surface area contributed by atoms with Crippen LogP contribution in [0.3, 0.4) is 0 Å². The van der Waals surface area contributed by atoms with Crippen molar-refractivity contribution >= 4 is 16.6 Å². The van der Waals surface area contributed by atoms with Crippen molar-refractivity contribution in [2.75, 3.05) is 0 Å². The van der Waals surface area contributed by atoms with Crippen molar-refractivity contribution in [2.24, 2.45) is 0 Å². The lowest BCUT2D eigenvalue weighted by molar-refractivity contribution is 0.101. The van der Waals surface area contributed by atoms with Gasteiger partial charge in [0.25, 0.3) is 0 Å². The summed E-state index contributed by atoms with van der Waals surface area (Å²) >= 11 is 0. The highest BCUT2D eigenvalue weighted by atomic mass is 16.1. The normalized spacial score (nSPS) is 14.5. The Balaban J connectivity index is 2.27. The van der Waals surface area contributed by atoms with Gasteiger partial charge in [0.2, 0.25) is 0 Å². The van der Waals surface area contributed by atoms with Crippen molar-refractivity contribution in [3.8, 4) is 0 Å². The van der Waals surface area contributed by atoms with Gasteiger partial charge in [-0.15, -0.1) is 0 Å². The predicted molar refractivity (Wildman–Crippen MR) is 75.0 cm³/mol. The Morgan fingerprint density at radius 3 is 2.22 bits per heavy atom. The van der Waals surface area contributed by atoms with Crippen LogP contribution in [0.2, 0.25) is 0 Å². The van der Waals surface area contributed by atoms with E-state index in [4.69, 9.17) is 0 Å². The Labute approximate surface area is 106 Å². The van der Waals surface area contributed by atoms with Gasteiger partial charge in [0, 0.05) is 11.5 Å². The van der Waals surface area contributed by atoms with Crippen LogP contribution < -0.4 is 0 Å². The lowest BCUT2D eigenvalue weighted by Crippen LogP contribution is -2.02. The second-order valence-corrected chi connectivity index (χ2v) is 4.64. The summed E-state index contributed by atoms with van der Waals surface area (Å²) in [7, 11) is 0. The van der Waals surface area contributed by atoms with Gasteiger partial charge < -0.3 is 0 Å². The molecule has 0 atom stereocenters. The fourth-order valence-corrected chi connectivity index (χ4v) is 2.48. The minimum Gasteiger partial charge on any atom is -0.295 e. The van der Waals surface area contributed by atoms with Gasteiger partial charge in [-0.25, -0.2) is 0 Å². The predicted octanol–water partition coefficient (Wildman–Crippen LogP) is 4.25. The molecular formula is C17H14O. The molecule has 3 rings (SSSR count). The van der Waals surface area contributed by atoms with Gasteiger partial charge in [-0.3, -0.25) is 4.79 Å². The third-order valence-corrected chi connectivity index (χ3v) is 3.40. The molecule has 0 bridgehead atoms. The smallest absolute Gasteiger partial charge is 0.160 e.